The topological polar surface area (TPSA) is 34.0 Å². The van der Waals surface area contributed by atoms with Crippen molar-refractivity contribution in [2.24, 2.45) is 7.05 Å². The summed E-state index contributed by atoms with van der Waals surface area (Å²) in [4.78, 5) is 11.1. The van der Waals surface area contributed by atoms with Crippen LogP contribution >= 0.6 is 0 Å². The second kappa shape index (κ2) is 6.52. The van der Waals surface area contributed by atoms with Crippen molar-refractivity contribution in [1.29, 1.82) is 0 Å². The molecule has 4 nitrogen and oxygen atoms in total. The van der Waals surface area contributed by atoms with E-state index in [1.54, 1.807) is 18.5 Å². The summed E-state index contributed by atoms with van der Waals surface area (Å²) in [6.07, 6.45) is 5.29. The Balaban J connectivity index is 1.44. The van der Waals surface area contributed by atoms with Crippen molar-refractivity contribution < 1.29 is 8.78 Å². The summed E-state index contributed by atoms with van der Waals surface area (Å²) in [6.45, 7) is 2.52. The van der Waals surface area contributed by atoms with Gasteiger partial charge in [0.2, 0.25) is 0 Å². The number of nitrogens with zero attached hydrogens (tertiary/aromatic N) is 4. The molecule has 0 aliphatic carbocycles. The molecule has 0 radical (unpaired) electrons. The molecule has 0 spiro atoms. The lowest BCUT2D eigenvalue weighted by atomic mass is 9.89. The first-order valence-corrected chi connectivity index (χ1v) is 8.54. The van der Waals surface area contributed by atoms with Gasteiger partial charge >= 0.3 is 0 Å². The van der Waals surface area contributed by atoms with Gasteiger partial charge in [-0.3, -0.25) is 9.88 Å². The lowest BCUT2D eigenvalue weighted by Gasteiger charge is -2.32. The van der Waals surface area contributed by atoms with Crippen molar-refractivity contribution in [3.8, 4) is 0 Å². The van der Waals surface area contributed by atoms with E-state index in [-0.39, 0.29) is 5.92 Å². The van der Waals surface area contributed by atoms with Crippen molar-refractivity contribution in [2.45, 2.75) is 25.3 Å². The van der Waals surface area contributed by atoms with Gasteiger partial charge in [-0.05, 0) is 49.5 Å². The van der Waals surface area contributed by atoms with Crippen LogP contribution in [0, 0.1) is 11.6 Å². The second-order valence-electron chi connectivity index (χ2n) is 6.67. The first kappa shape index (κ1) is 16.1. The van der Waals surface area contributed by atoms with E-state index in [1.807, 2.05) is 13.1 Å². The fourth-order valence-corrected chi connectivity index (χ4v) is 3.68. The van der Waals surface area contributed by atoms with E-state index >= 15 is 0 Å². The van der Waals surface area contributed by atoms with Crippen LogP contribution in [0.4, 0.5) is 8.78 Å². The van der Waals surface area contributed by atoms with Gasteiger partial charge in [-0.15, -0.1) is 0 Å². The Bertz CT molecular complexity index is 898. The largest absolute Gasteiger partial charge is 0.330 e. The van der Waals surface area contributed by atoms with Gasteiger partial charge in [-0.25, -0.2) is 13.8 Å². The van der Waals surface area contributed by atoms with Crippen LogP contribution < -0.4 is 0 Å². The van der Waals surface area contributed by atoms with Crippen LogP contribution in [0.2, 0.25) is 0 Å². The number of halogens is 2. The third-order valence-electron chi connectivity index (χ3n) is 5.13. The van der Waals surface area contributed by atoms with Crippen molar-refractivity contribution >= 4 is 11.0 Å². The Labute approximate surface area is 145 Å². The summed E-state index contributed by atoms with van der Waals surface area (Å²) >= 11 is 0. The van der Waals surface area contributed by atoms with Crippen molar-refractivity contribution in [3.63, 3.8) is 0 Å². The summed E-state index contributed by atoms with van der Waals surface area (Å²) < 4.78 is 29.2. The van der Waals surface area contributed by atoms with E-state index in [2.05, 4.69) is 19.4 Å². The summed E-state index contributed by atoms with van der Waals surface area (Å²) in [5.74, 6) is 0.215. The first-order valence-electron chi connectivity index (χ1n) is 8.54. The zero-order valence-electron chi connectivity index (χ0n) is 14.1. The SMILES string of the molecule is Cn1c(CN2CCC(c3ccc(F)cc3F)CC2)nc2cnccc21. The predicted octanol–water partition coefficient (Wildman–Crippen LogP) is 3.63. The highest BCUT2D eigenvalue weighted by Crippen LogP contribution is 2.30. The molecule has 1 aliphatic rings. The molecule has 1 fully saturated rings. The minimum atomic E-state index is -0.518. The minimum absolute atomic E-state index is 0.154. The number of piperidine rings is 1. The molecule has 6 heteroatoms. The predicted molar refractivity (Wildman–Crippen MR) is 92.1 cm³/mol. The van der Waals surface area contributed by atoms with Crippen molar-refractivity contribution in [3.05, 3.63) is 59.7 Å². The van der Waals surface area contributed by atoms with E-state index < -0.39 is 11.6 Å². The second-order valence-corrected chi connectivity index (χ2v) is 6.67. The number of benzene rings is 1. The number of pyridine rings is 1. The van der Waals surface area contributed by atoms with Crippen molar-refractivity contribution in [1.82, 2.24) is 19.4 Å². The average Bonchev–Trinajstić information content (AvgIpc) is 2.92. The van der Waals surface area contributed by atoms with Crippen LogP contribution in [-0.4, -0.2) is 32.5 Å². The molecule has 0 amide bonds. The summed E-state index contributed by atoms with van der Waals surface area (Å²) in [7, 11) is 2.02. The normalized spacial score (nSPS) is 16.6. The molecule has 3 aromatic rings. The van der Waals surface area contributed by atoms with Crippen LogP contribution in [0.15, 0.2) is 36.7 Å². The van der Waals surface area contributed by atoms with Gasteiger partial charge in [0.15, 0.2) is 0 Å². The Morgan fingerprint density at radius 1 is 1.16 bits per heavy atom. The molecule has 1 aliphatic heterocycles. The van der Waals surface area contributed by atoms with Crippen LogP contribution in [-0.2, 0) is 13.6 Å². The molecule has 4 rings (SSSR count). The highest BCUT2D eigenvalue weighted by atomic mass is 19.1. The quantitative estimate of drug-likeness (QED) is 0.729. The van der Waals surface area contributed by atoms with Crippen molar-refractivity contribution in [2.75, 3.05) is 13.1 Å². The number of hydrogen-bond acceptors (Lipinski definition) is 3. The summed E-state index contributed by atoms with van der Waals surface area (Å²) in [5, 5.41) is 0. The maximum Gasteiger partial charge on any atom is 0.129 e. The number of rotatable bonds is 3. The number of aromatic nitrogens is 3. The van der Waals surface area contributed by atoms with E-state index in [0.717, 1.165) is 55.4 Å². The molecule has 0 atom stereocenters. The van der Waals surface area contributed by atoms with E-state index in [0.29, 0.717) is 5.56 Å². The fraction of sp³-hybridized carbons (Fsp3) is 0.368. The molecular formula is C19H20F2N4. The number of aryl methyl sites for hydroxylation is 1. The average molecular weight is 342 g/mol. The Morgan fingerprint density at radius 3 is 2.68 bits per heavy atom. The third-order valence-corrected chi connectivity index (χ3v) is 5.13. The lowest BCUT2D eigenvalue weighted by Crippen LogP contribution is -2.33. The Hall–Kier alpha value is -2.34. The fourth-order valence-electron chi connectivity index (χ4n) is 3.68. The van der Waals surface area contributed by atoms with Gasteiger partial charge in [0, 0.05) is 19.3 Å². The van der Waals surface area contributed by atoms with Gasteiger partial charge in [0.25, 0.3) is 0 Å². The number of fused-ring (bicyclic) bond motifs is 1. The molecule has 1 aromatic carbocycles. The van der Waals surface area contributed by atoms with Gasteiger partial charge in [0.05, 0.1) is 18.3 Å². The number of imidazole rings is 1. The third kappa shape index (κ3) is 3.14. The molecule has 0 N–H and O–H groups in total. The van der Waals surface area contributed by atoms with E-state index in [9.17, 15) is 8.78 Å². The van der Waals surface area contributed by atoms with Crippen LogP contribution in [0.5, 0.6) is 0 Å². The number of hydrogen-bond donors (Lipinski definition) is 0. The van der Waals surface area contributed by atoms with Crippen LogP contribution in [0.25, 0.3) is 11.0 Å². The molecule has 130 valence electrons. The Morgan fingerprint density at radius 2 is 1.96 bits per heavy atom. The first-order chi connectivity index (χ1) is 12.1. The molecule has 3 heterocycles. The smallest absolute Gasteiger partial charge is 0.129 e. The lowest BCUT2D eigenvalue weighted by molar-refractivity contribution is 0.197. The Kier molecular flexibility index (Phi) is 4.21. The zero-order valence-corrected chi connectivity index (χ0v) is 14.1. The van der Waals surface area contributed by atoms with Crippen LogP contribution in [0.1, 0.15) is 30.1 Å². The maximum absolute atomic E-state index is 14.0. The highest BCUT2D eigenvalue weighted by molar-refractivity contribution is 5.74. The highest BCUT2D eigenvalue weighted by Gasteiger charge is 2.24. The summed E-state index contributed by atoms with van der Waals surface area (Å²) in [6, 6.07) is 5.88. The van der Waals surface area contributed by atoms with Gasteiger partial charge < -0.3 is 4.57 Å². The van der Waals surface area contributed by atoms with Gasteiger partial charge in [-0.2, -0.15) is 0 Å². The summed E-state index contributed by atoms with van der Waals surface area (Å²) in [5.41, 5.74) is 2.62. The molecule has 0 bridgehead atoms. The molecule has 2 aromatic heterocycles. The maximum atomic E-state index is 14.0. The van der Waals surface area contributed by atoms with E-state index in [4.69, 9.17) is 0 Å². The minimum Gasteiger partial charge on any atom is -0.330 e. The molecular weight excluding hydrogens is 322 g/mol. The zero-order chi connectivity index (χ0) is 17.4. The molecule has 0 saturated carbocycles. The molecule has 25 heavy (non-hydrogen) atoms. The molecule has 0 unspecified atom stereocenters. The van der Waals surface area contributed by atoms with Gasteiger partial charge in [0.1, 0.15) is 23.0 Å². The molecule has 1 saturated heterocycles. The van der Waals surface area contributed by atoms with Gasteiger partial charge in [-0.1, -0.05) is 6.07 Å². The van der Waals surface area contributed by atoms with Crippen LogP contribution in [0.3, 0.4) is 0 Å². The number of likely N-dealkylation sites (tertiary alicyclic amines) is 1. The van der Waals surface area contributed by atoms with E-state index in [1.165, 1.54) is 6.07 Å². The monoisotopic (exact) mass is 342 g/mol. The standard InChI is InChI=1S/C19H20F2N4/c1-24-18-4-7-22-11-17(18)23-19(24)12-25-8-5-13(6-9-25)15-3-2-14(20)10-16(15)21/h2-4,7,10-11,13H,5-6,8-9,12H2,1H3.